The van der Waals surface area contributed by atoms with Crippen molar-refractivity contribution in [2.24, 2.45) is 5.92 Å². The molecule has 0 radical (unpaired) electrons. The number of benzene rings is 1. The minimum atomic E-state index is -0.000732. The molecule has 0 bridgehead atoms. The lowest BCUT2D eigenvalue weighted by Crippen LogP contribution is -2.32. The van der Waals surface area contributed by atoms with Gasteiger partial charge in [0.1, 0.15) is 23.7 Å². The Hall–Kier alpha value is -3.75. The molecular formula is C24H26N6O3. The normalized spacial score (nSPS) is 16.6. The van der Waals surface area contributed by atoms with E-state index in [0.717, 1.165) is 50.1 Å². The summed E-state index contributed by atoms with van der Waals surface area (Å²) in [7, 11) is 0. The molecule has 0 aliphatic carbocycles. The van der Waals surface area contributed by atoms with E-state index in [1.54, 1.807) is 6.20 Å². The van der Waals surface area contributed by atoms with Crippen LogP contribution >= 0.6 is 0 Å². The van der Waals surface area contributed by atoms with Crippen molar-refractivity contribution >= 4 is 11.6 Å². The number of likely N-dealkylation sites (tertiary alicyclic amines) is 1. The van der Waals surface area contributed by atoms with E-state index < -0.39 is 0 Å². The van der Waals surface area contributed by atoms with Crippen LogP contribution in [0.4, 0.5) is 0 Å². The first-order valence-corrected chi connectivity index (χ1v) is 11.3. The van der Waals surface area contributed by atoms with E-state index in [1.165, 1.54) is 0 Å². The van der Waals surface area contributed by atoms with E-state index >= 15 is 0 Å². The second-order valence-corrected chi connectivity index (χ2v) is 8.43. The highest BCUT2D eigenvalue weighted by molar-refractivity contribution is 5.97. The Kier molecular flexibility index (Phi) is 6.01. The maximum Gasteiger partial charge on any atom is 0.257 e. The summed E-state index contributed by atoms with van der Waals surface area (Å²) < 4.78 is 12.4. The van der Waals surface area contributed by atoms with Gasteiger partial charge in [0.05, 0.1) is 11.3 Å². The van der Waals surface area contributed by atoms with Crippen LogP contribution in [0.5, 0.6) is 5.75 Å². The molecule has 4 heterocycles. The summed E-state index contributed by atoms with van der Waals surface area (Å²) >= 11 is 0. The zero-order chi connectivity index (χ0) is 22.6. The Labute approximate surface area is 191 Å². The maximum absolute atomic E-state index is 13.4. The number of carbonyl (C=O) groups excluding carboxylic acids is 1. The standard InChI is InChI=1S/C24H26N6O3/c1-17-21(28-33-27-17)16-32-22-7-3-2-6-20(22)24(31)29-12-4-5-18(10-13-29)15-19-8-9-23-25-11-14-30(23)26-19/h2-3,6-9,11,14,18H,4-5,10,12-13,15-16H2,1H3. The van der Waals surface area contributed by atoms with E-state index in [9.17, 15) is 4.79 Å². The van der Waals surface area contributed by atoms with Gasteiger partial charge in [0.2, 0.25) is 0 Å². The highest BCUT2D eigenvalue weighted by Gasteiger charge is 2.24. The van der Waals surface area contributed by atoms with Crippen LogP contribution in [0.15, 0.2) is 53.4 Å². The van der Waals surface area contributed by atoms with E-state index in [2.05, 4.69) is 26.5 Å². The predicted molar refractivity (Wildman–Crippen MR) is 120 cm³/mol. The van der Waals surface area contributed by atoms with Crippen LogP contribution in [0.1, 0.15) is 46.7 Å². The number of rotatable bonds is 6. The van der Waals surface area contributed by atoms with Crippen molar-refractivity contribution < 1.29 is 14.2 Å². The largest absolute Gasteiger partial charge is 0.486 e. The third kappa shape index (κ3) is 4.72. The summed E-state index contributed by atoms with van der Waals surface area (Å²) in [5.74, 6) is 1.04. The first-order valence-electron chi connectivity index (χ1n) is 11.3. The number of hydrogen-bond acceptors (Lipinski definition) is 7. The van der Waals surface area contributed by atoms with Crippen molar-refractivity contribution in [3.63, 3.8) is 0 Å². The van der Waals surface area contributed by atoms with Gasteiger partial charge >= 0.3 is 0 Å². The van der Waals surface area contributed by atoms with Crippen molar-refractivity contribution in [3.05, 3.63) is 71.4 Å². The molecular weight excluding hydrogens is 420 g/mol. The molecule has 0 saturated carbocycles. The summed E-state index contributed by atoms with van der Waals surface area (Å²) in [6.07, 6.45) is 7.52. The monoisotopic (exact) mass is 446 g/mol. The zero-order valence-electron chi connectivity index (χ0n) is 18.6. The first kappa shape index (κ1) is 21.1. The van der Waals surface area contributed by atoms with Crippen LogP contribution in [-0.2, 0) is 13.0 Å². The Morgan fingerprint density at radius 2 is 2.06 bits per heavy atom. The van der Waals surface area contributed by atoms with Crippen molar-refractivity contribution in [2.75, 3.05) is 13.1 Å². The molecule has 1 aliphatic heterocycles. The SMILES string of the molecule is Cc1nonc1COc1ccccc1C(=O)N1CCCC(Cc2ccc3nccn3n2)CC1. The number of aromatic nitrogens is 5. The topological polar surface area (TPSA) is 98.6 Å². The van der Waals surface area contributed by atoms with Gasteiger partial charge in [-0.05, 0) is 62.8 Å². The summed E-state index contributed by atoms with van der Waals surface area (Å²) in [5, 5.41) is 12.3. The fourth-order valence-electron chi connectivity index (χ4n) is 4.30. The van der Waals surface area contributed by atoms with Crippen LogP contribution in [0.2, 0.25) is 0 Å². The third-order valence-electron chi connectivity index (χ3n) is 6.17. The van der Waals surface area contributed by atoms with Gasteiger partial charge in [-0.2, -0.15) is 5.10 Å². The smallest absolute Gasteiger partial charge is 0.257 e. The van der Waals surface area contributed by atoms with Crippen LogP contribution in [-0.4, -0.2) is 48.8 Å². The summed E-state index contributed by atoms with van der Waals surface area (Å²) in [6.45, 7) is 3.47. The van der Waals surface area contributed by atoms with Gasteiger partial charge in [-0.1, -0.05) is 22.4 Å². The molecule has 0 spiro atoms. The second kappa shape index (κ2) is 9.40. The van der Waals surface area contributed by atoms with E-state index in [4.69, 9.17) is 9.37 Å². The summed E-state index contributed by atoms with van der Waals surface area (Å²) in [4.78, 5) is 19.6. The summed E-state index contributed by atoms with van der Waals surface area (Å²) in [5.41, 5.74) is 3.78. The number of aryl methyl sites for hydroxylation is 1. The van der Waals surface area contributed by atoms with Gasteiger partial charge in [-0.25, -0.2) is 14.1 Å². The van der Waals surface area contributed by atoms with Crippen LogP contribution in [0.25, 0.3) is 5.65 Å². The Bertz CT molecular complexity index is 1250. The van der Waals surface area contributed by atoms with Crippen molar-refractivity contribution in [3.8, 4) is 5.75 Å². The highest BCUT2D eigenvalue weighted by atomic mass is 16.6. The Balaban J connectivity index is 1.23. The average molecular weight is 447 g/mol. The number of hydrogen-bond donors (Lipinski definition) is 0. The molecule has 9 nitrogen and oxygen atoms in total. The van der Waals surface area contributed by atoms with Crippen LogP contribution < -0.4 is 4.74 Å². The van der Waals surface area contributed by atoms with Crippen molar-refractivity contribution in [1.82, 2.24) is 29.8 Å². The highest BCUT2D eigenvalue weighted by Crippen LogP contribution is 2.26. The van der Waals surface area contributed by atoms with Gasteiger partial charge in [-0.3, -0.25) is 4.79 Å². The lowest BCUT2D eigenvalue weighted by Gasteiger charge is -2.22. The van der Waals surface area contributed by atoms with Gasteiger partial charge in [0.25, 0.3) is 5.91 Å². The minimum absolute atomic E-state index is 0.000732. The molecule has 33 heavy (non-hydrogen) atoms. The molecule has 170 valence electrons. The zero-order valence-corrected chi connectivity index (χ0v) is 18.6. The number of nitrogens with zero attached hydrogens (tertiary/aromatic N) is 6. The van der Waals surface area contributed by atoms with E-state index in [-0.39, 0.29) is 12.5 Å². The van der Waals surface area contributed by atoms with Crippen LogP contribution in [0, 0.1) is 12.8 Å². The molecule has 1 atom stereocenters. The minimum Gasteiger partial charge on any atom is -0.486 e. The molecule has 0 N–H and O–H groups in total. The maximum atomic E-state index is 13.4. The molecule has 9 heteroatoms. The molecule has 1 saturated heterocycles. The molecule has 1 fully saturated rings. The molecule has 1 amide bonds. The van der Waals surface area contributed by atoms with E-state index in [0.29, 0.717) is 28.6 Å². The second-order valence-electron chi connectivity index (χ2n) is 8.43. The predicted octanol–water partition coefficient (Wildman–Crippen LogP) is 3.48. The molecule has 4 aromatic rings. The van der Waals surface area contributed by atoms with E-state index in [1.807, 2.05) is 52.9 Å². The number of ether oxygens (including phenoxy) is 1. The number of carbonyl (C=O) groups is 1. The molecule has 1 aliphatic rings. The number of imidazole rings is 1. The number of para-hydroxylation sites is 1. The van der Waals surface area contributed by atoms with Gasteiger partial charge in [0, 0.05) is 25.5 Å². The number of amides is 1. The molecule has 1 aromatic carbocycles. The lowest BCUT2D eigenvalue weighted by atomic mass is 9.95. The Morgan fingerprint density at radius 3 is 2.94 bits per heavy atom. The Morgan fingerprint density at radius 1 is 1.15 bits per heavy atom. The van der Waals surface area contributed by atoms with Crippen molar-refractivity contribution in [1.29, 1.82) is 0 Å². The van der Waals surface area contributed by atoms with Crippen LogP contribution in [0.3, 0.4) is 0 Å². The third-order valence-corrected chi connectivity index (χ3v) is 6.17. The lowest BCUT2D eigenvalue weighted by molar-refractivity contribution is 0.0755. The number of fused-ring (bicyclic) bond motifs is 1. The fourth-order valence-corrected chi connectivity index (χ4v) is 4.30. The van der Waals surface area contributed by atoms with Gasteiger partial charge in [0.15, 0.2) is 5.65 Å². The quantitative estimate of drug-likeness (QED) is 0.447. The average Bonchev–Trinajstić information content (AvgIpc) is 3.40. The van der Waals surface area contributed by atoms with Gasteiger partial charge < -0.3 is 9.64 Å². The first-order chi connectivity index (χ1) is 16.2. The fraction of sp³-hybridized carbons (Fsp3) is 0.375. The molecule has 1 unspecified atom stereocenters. The molecule has 5 rings (SSSR count). The van der Waals surface area contributed by atoms with Crippen molar-refractivity contribution in [2.45, 2.75) is 39.2 Å². The summed E-state index contributed by atoms with van der Waals surface area (Å²) in [6, 6.07) is 11.4. The molecule has 3 aromatic heterocycles. The van der Waals surface area contributed by atoms with Gasteiger partial charge in [-0.15, -0.1) is 0 Å².